The summed E-state index contributed by atoms with van der Waals surface area (Å²) in [7, 11) is -2.08. The minimum atomic E-state index is -4.70. The number of methoxy groups -OCH3 is 1. The third-order valence-electron chi connectivity index (χ3n) is 6.83. The van der Waals surface area contributed by atoms with Crippen LogP contribution in [0.4, 0.5) is 9.59 Å². The molecule has 14 nitrogen and oxygen atoms in total. The first-order valence-electron chi connectivity index (χ1n) is 14.7. The minimum absolute atomic E-state index is 0.281. The molecule has 0 spiro atoms. The fourth-order valence-corrected chi connectivity index (χ4v) is 5.96. The van der Waals surface area contributed by atoms with E-state index in [9.17, 15) is 18.9 Å². The Morgan fingerprint density at radius 2 is 1.21 bits per heavy atom. The fourth-order valence-electron chi connectivity index (χ4n) is 4.32. The summed E-state index contributed by atoms with van der Waals surface area (Å²) in [6.07, 6.45) is 3.41. The molecule has 0 aliphatic heterocycles. The average molecular weight is 622 g/mol. The van der Waals surface area contributed by atoms with Gasteiger partial charge in [-0.25, -0.2) is 23.2 Å². The van der Waals surface area contributed by atoms with Crippen molar-refractivity contribution in [1.82, 2.24) is 4.90 Å². The van der Waals surface area contributed by atoms with Gasteiger partial charge in [-0.2, -0.15) is 0 Å². The van der Waals surface area contributed by atoms with Crippen LogP contribution in [0, 0.1) is 11.8 Å². The van der Waals surface area contributed by atoms with E-state index >= 15 is 0 Å². The fraction of sp³-hybridized carbons (Fsp3) is 0.852. The zero-order valence-corrected chi connectivity index (χ0v) is 26.5. The van der Waals surface area contributed by atoms with Crippen LogP contribution in [0.1, 0.15) is 91.9 Å². The van der Waals surface area contributed by atoms with Crippen molar-refractivity contribution in [3.8, 4) is 0 Å². The predicted molar refractivity (Wildman–Crippen MR) is 152 cm³/mol. The Morgan fingerprint density at radius 1 is 0.810 bits per heavy atom. The van der Waals surface area contributed by atoms with Gasteiger partial charge in [-0.1, -0.05) is 40.5 Å². The molecule has 0 aromatic heterocycles. The Balaban J connectivity index is 2.25. The van der Waals surface area contributed by atoms with Crippen molar-refractivity contribution in [2.75, 3.05) is 20.7 Å². The highest BCUT2D eigenvalue weighted by Gasteiger charge is 2.39. The lowest BCUT2D eigenvalue weighted by Gasteiger charge is -2.29. The molecule has 2 saturated carbocycles. The van der Waals surface area contributed by atoms with Crippen molar-refractivity contribution in [3.63, 3.8) is 0 Å². The average Bonchev–Trinajstić information content (AvgIpc) is 2.93. The molecule has 2 aliphatic rings. The van der Waals surface area contributed by atoms with Gasteiger partial charge in [0.2, 0.25) is 18.5 Å². The van der Waals surface area contributed by atoms with Gasteiger partial charge in [0.1, 0.15) is 18.8 Å². The number of likely N-dealkylation sites (N-methyl/N-ethyl adjacent to an activating group) is 1. The zero-order chi connectivity index (χ0) is 31.3. The Kier molecular flexibility index (Phi) is 14.9. The number of guanidine groups is 1. The van der Waals surface area contributed by atoms with Crippen LogP contribution in [0.15, 0.2) is 4.76 Å². The van der Waals surface area contributed by atoms with Gasteiger partial charge in [0.15, 0.2) is 0 Å². The van der Waals surface area contributed by atoms with Crippen molar-refractivity contribution in [1.29, 1.82) is 0 Å². The lowest BCUT2D eigenvalue weighted by molar-refractivity contribution is -0.141. The van der Waals surface area contributed by atoms with E-state index in [0.717, 1.165) is 69.1 Å². The predicted octanol–water partition coefficient (Wildman–Crippen LogP) is 5.48. The number of nitrogens with two attached hydrogens (primary N) is 1. The Morgan fingerprint density at radius 3 is 1.57 bits per heavy atom. The Labute approximate surface area is 248 Å². The molecule has 42 heavy (non-hydrogen) atoms. The highest BCUT2D eigenvalue weighted by molar-refractivity contribution is 7.52. The van der Waals surface area contributed by atoms with Gasteiger partial charge >= 0.3 is 26.0 Å². The van der Waals surface area contributed by atoms with Gasteiger partial charge in [-0.05, 0) is 51.4 Å². The zero-order valence-electron chi connectivity index (χ0n) is 25.7. The first-order valence-corrected chi connectivity index (χ1v) is 16.2. The molecule has 0 heterocycles. The van der Waals surface area contributed by atoms with Gasteiger partial charge in [0.25, 0.3) is 0 Å². The molecule has 0 saturated heterocycles. The number of hydrogen-bond donors (Lipinski definition) is 1. The topological polar surface area (TPSA) is 175 Å². The second-order valence-corrected chi connectivity index (χ2v) is 12.8. The molecule has 2 rings (SSSR count). The van der Waals surface area contributed by atoms with Gasteiger partial charge in [-0.3, -0.25) is 4.79 Å². The summed E-state index contributed by atoms with van der Waals surface area (Å²) in [4.78, 5) is 38.1. The van der Waals surface area contributed by atoms with Crippen LogP contribution in [0.5, 0.6) is 0 Å². The lowest BCUT2D eigenvalue weighted by Crippen LogP contribution is -2.38. The van der Waals surface area contributed by atoms with E-state index in [1.54, 1.807) is 27.7 Å². The number of esters is 1. The van der Waals surface area contributed by atoms with E-state index in [4.69, 9.17) is 33.7 Å². The van der Waals surface area contributed by atoms with Crippen LogP contribution in [0.3, 0.4) is 0 Å². The monoisotopic (exact) mass is 621 g/mol. The normalized spacial score (nSPS) is 19.9. The third-order valence-corrected chi connectivity index (χ3v) is 8.23. The first kappa shape index (κ1) is 35.6. The number of nitrogens with zero attached hydrogens (tertiary/aromatic N) is 2. The summed E-state index contributed by atoms with van der Waals surface area (Å²) >= 11 is 0. The maximum Gasteiger partial charge on any atom is 0.510 e. The van der Waals surface area contributed by atoms with Crippen LogP contribution in [0.2, 0.25) is 0 Å². The summed E-state index contributed by atoms with van der Waals surface area (Å²) in [5.41, 5.74) is 6.03. The molecule has 2 aliphatic carbocycles. The highest BCUT2D eigenvalue weighted by atomic mass is 31.2. The van der Waals surface area contributed by atoms with Crippen molar-refractivity contribution in [2.24, 2.45) is 22.3 Å². The molecule has 2 N–H and O–H groups in total. The number of hydrogen-bond acceptors (Lipinski definition) is 11. The standard InChI is InChI=1S/C27H48N3O11P/c1-18(2)23(38-26(32)36-20-13-9-7-10-14-20)40-42(34,29-25(28)30(5)17-22(31)35-6)41-24(19(3)4)39-27(33)37-21-15-11-8-12-16-21/h18-21,23-24H,7-17H2,1-6H3,(H2,28,29,34). The molecular weight excluding hydrogens is 573 g/mol. The van der Waals surface area contributed by atoms with Gasteiger partial charge < -0.3 is 34.3 Å². The molecule has 0 radical (unpaired) electrons. The van der Waals surface area contributed by atoms with Crippen molar-refractivity contribution in [2.45, 2.75) is 117 Å². The van der Waals surface area contributed by atoms with Crippen molar-refractivity contribution in [3.05, 3.63) is 0 Å². The maximum absolute atomic E-state index is 14.1. The van der Waals surface area contributed by atoms with E-state index in [1.165, 1.54) is 14.2 Å². The SMILES string of the molecule is COC(=O)CN(C)/C(N)=N/P(=O)(OC(OC(=O)OC1CCCCC1)C(C)C)OC(OC(=O)OC1CCCCC1)C(C)C. The van der Waals surface area contributed by atoms with Crippen molar-refractivity contribution < 1.29 is 51.7 Å². The van der Waals surface area contributed by atoms with Crippen LogP contribution >= 0.6 is 7.75 Å². The van der Waals surface area contributed by atoms with Gasteiger partial charge in [-0.15, -0.1) is 4.76 Å². The molecule has 15 heteroatoms. The van der Waals surface area contributed by atoms with Gasteiger partial charge in [0, 0.05) is 18.9 Å². The van der Waals surface area contributed by atoms with Crippen molar-refractivity contribution >= 4 is 32.0 Å². The van der Waals surface area contributed by atoms with E-state index in [-0.39, 0.29) is 18.8 Å². The second-order valence-electron chi connectivity index (χ2n) is 11.3. The number of ether oxygens (including phenoxy) is 5. The molecule has 0 aromatic carbocycles. The summed E-state index contributed by atoms with van der Waals surface area (Å²) in [5, 5.41) is 0. The van der Waals surface area contributed by atoms with E-state index in [1.807, 2.05) is 0 Å². The number of carbonyl (C=O) groups is 3. The summed E-state index contributed by atoms with van der Waals surface area (Å²) in [6.45, 7) is 6.34. The molecule has 0 amide bonds. The van der Waals surface area contributed by atoms with Gasteiger partial charge in [0.05, 0.1) is 7.11 Å². The third kappa shape index (κ3) is 12.7. The van der Waals surface area contributed by atoms with Crippen LogP contribution in [-0.2, 0) is 42.1 Å². The lowest BCUT2D eigenvalue weighted by atomic mass is 9.98. The molecule has 2 fully saturated rings. The molecule has 2 atom stereocenters. The maximum atomic E-state index is 14.1. The molecule has 0 bridgehead atoms. The highest BCUT2D eigenvalue weighted by Crippen LogP contribution is 2.54. The Hall–Kier alpha value is -2.57. The van der Waals surface area contributed by atoms with Crippen LogP contribution in [0.25, 0.3) is 0 Å². The minimum Gasteiger partial charge on any atom is -0.468 e. The number of carbonyl (C=O) groups excluding carboxylic acids is 3. The molecule has 242 valence electrons. The summed E-state index contributed by atoms with van der Waals surface area (Å²) in [6, 6.07) is 0. The molecule has 0 aromatic rings. The largest absolute Gasteiger partial charge is 0.510 e. The summed E-state index contributed by atoms with van der Waals surface area (Å²) in [5.74, 6) is -2.09. The van der Waals surface area contributed by atoms with E-state index in [2.05, 4.69) is 9.50 Å². The van der Waals surface area contributed by atoms with E-state index in [0.29, 0.717) is 0 Å². The molecular formula is C27H48N3O11P. The van der Waals surface area contributed by atoms with E-state index < -0.39 is 56.4 Å². The van der Waals surface area contributed by atoms with Crippen LogP contribution in [-0.4, -0.2) is 74.6 Å². The van der Waals surface area contributed by atoms with Crippen LogP contribution < -0.4 is 5.73 Å². The number of rotatable bonds is 13. The Bertz CT molecular complexity index is 898. The smallest absolute Gasteiger partial charge is 0.468 e. The summed E-state index contributed by atoms with van der Waals surface area (Å²) < 4.78 is 55.7. The molecule has 2 unspecified atom stereocenters. The quantitative estimate of drug-likeness (QED) is 0.0684. The second kappa shape index (κ2) is 17.5. The first-order chi connectivity index (χ1) is 19.8.